The van der Waals surface area contributed by atoms with E-state index in [2.05, 4.69) is 93.8 Å². The number of aryl methyl sites for hydroxylation is 2. The summed E-state index contributed by atoms with van der Waals surface area (Å²) in [6, 6.07) is 4.15. The van der Waals surface area contributed by atoms with Crippen LogP contribution in [0.25, 0.3) is 0 Å². The zero-order valence-corrected chi connectivity index (χ0v) is 46.2. The van der Waals surface area contributed by atoms with Crippen molar-refractivity contribution in [1.29, 1.82) is 0 Å². The molecule has 2 aliphatic heterocycles. The topological polar surface area (TPSA) is 83.3 Å². The first-order valence-corrected chi connectivity index (χ1v) is 29.4. The first-order chi connectivity index (χ1) is 33.5. The fourth-order valence-electron chi connectivity index (χ4n) is 10.4. The lowest BCUT2D eigenvalue weighted by Gasteiger charge is -2.37. The summed E-state index contributed by atoms with van der Waals surface area (Å²) in [5.41, 5.74) is 2.18. The number of aliphatic hydroxyl groups excluding tert-OH is 1. The number of nitrogens with one attached hydrogen (secondary N) is 1. The Kier molecular flexibility index (Phi) is 33.7. The highest BCUT2D eigenvalue weighted by atomic mass is 16.6. The number of benzene rings is 1. The summed E-state index contributed by atoms with van der Waals surface area (Å²) in [5, 5.41) is 14.4. The van der Waals surface area contributed by atoms with E-state index >= 15 is 0 Å². The van der Waals surface area contributed by atoms with E-state index in [0.29, 0.717) is 19.4 Å². The number of allylic oxidation sites excluding steroid dienone is 2. The molecule has 2 aliphatic rings. The Labute approximate surface area is 426 Å². The van der Waals surface area contributed by atoms with Gasteiger partial charge in [0.1, 0.15) is 17.1 Å². The van der Waals surface area contributed by atoms with Crippen molar-refractivity contribution in [1.82, 2.24) is 10.2 Å². The van der Waals surface area contributed by atoms with Crippen molar-refractivity contribution in [2.75, 3.05) is 52.4 Å². The summed E-state index contributed by atoms with van der Waals surface area (Å²) in [5.74, 6) is 4.21. The van der Waals surface area contributed by atoms with Crippen molar-refractivity contribution in [3.05, 3.63) is 35.4 Å². The second-order valence-electron chi connectivity index (χ2n) is 22.6. The van der Waals surface area contributed by atoms with Gasteiger partial charge in [-0.2, -0.15) is 0 Å². The summed E-state index contributed by atoms with van der Waals surface area (Å²) >= 11 is 0. The minimum absolute atomic E-state index is 0.0297. The number of esters is 1. The molecule has 4 atom stereocenters. The number of carbonyl (C=O) groups is 1. The fourth-order valence-corrected chi connectivity index (χ4v) is 10.4. The minimum atomic E-state index is -0.813. The van der Waals surface area contributed by atoms with Crippen LogP contribution in [-0.4, -0.2) is 91.1 Å². The molecular formula is C61H110N3O5+. The van der Waals surface area contributed by atoms with E-state index in [0.717, 1.165) is 145 Å². The molecule has 0 aromatic heterocycles. The second kappa shape index (κ2) is 38.2. The lowest BCUT2D eigenvalue weighted by atomic mass is 9.85. The van der Waals surface area contributed by atoms with Crippen LogP contribution >= 0.6 is 0 Å². The van der Waals surface area contributed by atoms with Crippen molar-refractivity contribution in [3.8, 4) is 11.5 Å². The Morgan fingerprint density at radius 1 is 0.783 bits per heavy atom. The molecular weight excluding hydrogens is 855 g/mol. The largest absolute Gasteiger partial charge is 0.487 e. The molecule has 2 heterocycles. The van der Waals surface area contributed by atoms with Crippen LogP contribution in [0.2, 0.25) is 0 Å². The summed E-state index contributed by atoms with van der Waals surface area (Å²) in [4.78, 5) is 15.0. The number of unbranched alkanes of at least 4 members (excludes halogenated alkanes) is 14. The Bertz CT molecular complexity index is 1510. The normalized spacial score (nSPS) is 17.5. The highest BCUT2D eigenvalue weighted by Crippen LogP contribution is 2.41. The van der Waals surface area contributed by atoms with Gasteiger partial charge in [0.05, 0.1) is 26.2 Å². The number of ether oxygens (including phenoxy) is 3. The first kappa shape index (κ1) is 60.9. The van der Waals surface area contributed by atoms with Gasteiger partial charge in [0.15, 0.2) is 25.6 Å². The van der Waals surface area contributed by atoms with Gasteiger partial charge in [-0.3, -0.25) is 9.69 Å². The minimum Gasteiger partial charge on any atom is -0.487 e. The van der Waals surface area contributed by atoms with Gasteiger partial charge in [-0.05, 0) is 151 Å². The molecule has 0 bridgehead atoms. The van der Waals surface area contributed by atoms with Crippen LogP contribution in [0.3, 0.4) is 0 Å². The van der Waals surface area contributed by atoms with Crippen molar-refractivity contribution in [2.45, 2.75) is 259 Å². The molecule has 69 heavy (non-hydrogen) atoms. The van der Waals surface area contributed by atoms with E-state index in [1.807, 2.05) is 0 Å². The van der Waals surface area contributed by atoms with Crippen LogP contribution in [0.4, 0.5) is 0 Å². The second-order valence-corrected chi connectivity index (χ2v) is 22.6. The number of fused-ring (bicyclic) bond motifs is 1. The van der Waals surface area contributed by atoms with E-state index in [-0.39, 0.29) is 11.6 Å². The number of nitrogens with zero attached hydrogens (tertiary/aromatic N) is 2. The summed E-state index contributed by atoms with van der Waals surface area (Å²) in [6.45, 7) is 24.0. The SMILES string of the molecule is CCCCC/C=C/CCCCCCCCCCC(=O)OCCCCN(CCCCCC(O)Oc1cc(C)c2c(c1)CCC(C)(CCCC(C)CCCC(C)CCCC(C)C)O2)CC[N+]1=CCNCC1. The molecule has 398 valence electrons. The number of hydrogen-bond acceptors (Lipinski definition) is 7. The zero-order valence-electron chi connectivity index (χ0n) is 46.2. The van der Waals surface area contributed by atoms with Gasteiger partial charge in [-0.1, -0.05) is 150 Å². The lowest BCUT2D eigenvalue weighted by molar-refractivity contribution is -0.525. The van der Waals surface area contributed by atoms with Crippen LogP contribution in [0.15, 0.2) is 24.3 Å². The maximum atomic E-state index is 12.4. The third-order valence-electron chi connectivity index (χ3n) is 15.1. The van der Waals surface area contributed by atoms with Gasteiger partial charge >= 0.3 is 5.97 Å². The first-order valence-electron chi connectivity index (χ1n) is 29.4. The number of aliphatic hydroxyl groups is 1. The third kappa shape index (κ3) is 30.3. The zero-order chi connectivity index (χ0) is 49.8. The van der Waals surface area contributed by atoms with Gasteiger partial charge in [-0.25, -0.2) is 4.58 Å². The Hall–Kier alpha value is -2.42. The van der Waals surface area contributed by atoms with Gasteiger partial charge in [0.25, 0.3) is 0 Å². The van der Waals surface area contributed by atoms with Gasteiger partial charge in [-0.15, -0.1) is 0 Å². The predicted molar refractivity (Wildman–Crippen MR) is 293 cm³/mol. The number of hydrogen-bond donors (Lipinski definition) is 2. The van der Waals surface area contributed by atoms with Crippen molar-refractivity contribution < 1.29 is 28.7 Å². The number of rotatable bonds is 43. The molecule has 3 rings (SSSR count). The van der Waals surface area contributed by atoms with E-state index in [1.54, 1.807) is 0 Å². The highest BCUT2D eigenvalue weighted by molar-refractivity contribution is 5.69. The van der Waals surface area contributed by atoms with Gasteiger partial charge in [0.2, 0.25) is 0 Å². The summed E-state index contributed by atoms with van der Waals surface area (Å²) in [6.07, 6.45) is 42.6. The predicted octanol–water partition coefficient (Wildman–Crippen LogP) is 15.1. The fraction of sp³-hybridized carbons (Fsp3) is 0.836. The maximum Gasteiger partial charge on any atom is 0.305 e. The molecule has 0 amide bonds. The van der Waals surface area contributed by atoms with E-state index in [9.17, 15) is 9.90 Å². The van der Waals surface area contributed by atoms with E-state index < -0.39 is 6.29 Å². The van der Waals surface area contributed by atoms with Crippen molar-refractivity contribution in [2.24, 2.45) is 17.8 Å². The quantitative estimate of drug-likeness (QED) is 0.0222. The summed E-state index contributed by atoms with van der Waals surface area (Å²) in [7, 11) is 0. The average Bonchev–Trinajstić information content (AvgIpc) is 3.32. The Morgan fingerprint density at radius 3 is 2.10 bits per heavy atom. The molecule has 0 radical (unpaired) electrons. The molecule has 0 saturated carbocycles. The Balaban J connectivity index is 1.26. The monoisotopic (exact) mass is 965 g/mol. The van der Waals surface area contributed by atoms with Gasteiger partial charge in [0, 0.05) is 12.8 Å². The molecule has 2 N–H and O–H groups in total. The molecule has 1 aromatic rings. The van der Waals surface area contributed by atoms with Crippen LogP contribution in [0.5, 0.6) is 11.5 Å². The molecule has 0 fully saturated rings. The highest BCUT2D eigenvalue weighted by Gasteiger charge is 2.32. The van der Waals surface area contributed by atoms with Gasteiger partial charge < -0.3 is 24.6 Å². The average molecular weight is 966 g/mol. The molecule has 8 heteroatoms. The molecule has 1 aromatic carbocycles. The van der Waals surface area contributed by atoms with Crippen LogP contribution in [-0.2, 0) is 16.0 Å². The lowest BCUT2D eigenvalue weighted by Crippen LogP contribution is -2.40. The standard InChI is InChI=1S/C61H110N3O5/c1-8-9-10-11-12-13-14-15-16-17-18-19-20-21-23-36-58(65)67-49-27-26-44-63(47-48-64-45-41-62-42-46-64)43-25-22-24-37-59(66)68-57-50-55(6)60-56(51-57)38-40-61(7,69-60)39-30-35-54(5)34-29-33-53(4)32-28-31-52(2)3/h12-13,45,50-54,59,62,66H,8-11,14-44,46-49H2,1-7H3/q+1/b13-12+. The van der Waals surface area contributed by atoms with Crippen molar-refractivity contribution >= 4 is 12.2 Å². The maximum absolute atomic E-state index is 12.4. The smallest absolute Gasteiger partial charge is 0.305 e. The Morgan fingerprint density at radius 2 is 1.42 bits per heavy atom. The molecule has 8 nitrogen and oxygen atoms in total. The molecule has 0 saturated heterocycles. The third-order valence-corrected chi connectivity index (χ3v) is 15.1. The van der Waals surface area contributed by atoms with Crippen LogP contribution < -0.4 is 14.8 Å². The van der Waals surface area contributed by atoms with Crippen LogP contribution in [0, 0.1) is 24.7 Å². The van der Waals surface area contributed by atoms with Crippen LogP contribution in [0.1, 0.15) is 245 Å². The summed E-state index contributed by atoms with van der Waals surface area (Å²) < 4.78 is 21.0. The molecule has 4 unspecified atom stereocenters. The molecule has 0 spiro atoms. The van der Waals surface area contributed by atoms with E-state index in [4.69, 9.17) is 14.2 Å². The van der Waals surface area contributed by atoms with E-state index in [1.165, 1.54) is 128 Å². The molecule has 0 aliphatic carbocycles. The van der Waals surface area contributed by atoms with Crippen molar-refractivity contribution in [3.63, 3.8) is 0 Å². The number of carbonyl (C=O) groups excluding carboxylic acids is 1.